The molecular formula is C23H27F3N4O3S. The van der Waals surface area contributed by atoms with Crippen molar-refractivity contribution < 1.29 is 26.4 Å². The Morgan fingerprint density at radius 2 is 1.56 bits per heavy atom. The van der Waals surface area contributed by atoms with Crippen LogP contribution in [0.5, 0.6) is 0 Å². The van der Waals surface area contributed by atoms with Crippen LogP contribution >= 0.6 is 0 Å². The highest BCUT2D eigenvalue weighted by Crippen LogP contribution is 2.33. The molecule has 1 N–H and O–H groups in total. The number of pyridine rings is 1. The lowest BCUT2D eigenvalue weighted by Crippen LogP contribution is -2.35. The third-order valence-corrected chi connectivity index (χ3v) is 8.08. The smallest absolute Gasteiger partial charge is 0.370 e. The molecule has 0 atom stereocenters. The fourth-order valence-electron chi connectivity index (χ4n) is 4.33. The summed E-state index contributed by atoms with van der Waals surface area (Å²) in [5.41, 5.74) is -0.148. The van der Waals surface area contributed by atoms with Gasteiger partial charge in [0, 0.05) is 32.4 Å². The van der Waals surface area contributed by atoms with Gasteiger partial charge >= 0.3 is 6.18 Å². The first-order valence-electron chi connectivity index (χ1n) is 11.4. The molecule has 1 aromatic carbocycles. The van der Waals surface area contributed by atoms with E-state index in [0.29, 0.717) is 24.5 Å². The summed E-state index contributed by atoms with van der Waals surface area (Å²) in [6.07, 6.45) is 1.90. The zero-order valence-electron chi connectivity index (χ0n) is 18.6. The number of piperidine rings is 2. The molecule has 2 fully saturated rings. The van der Waals surface area contributed by atoms with Gasteiger partial charge in [0.2, 0.25) is 10.0 Å². The van der Waals surface area contributed by atoms with E-state index in [0.717, 1.165) is 69.9 Å². The van der Waals surface area contributed by atoms with Crippen LogP contribution in [0.15, 0.2) is 41.4 Å². The van der Waals surface area contributed by atoms with E-state index in [9.17, 15) is 26.4 Å². The van der Waals surface area contributed by atoms with Crippen molar-refractivity contribution in [2.24, 2.45) is 0 Å². The van der Waals surface area contributed by atoms with Crippen molar-refractivity contribution in [3.8, 4) is 0 Å². The first-order chi connectivity index (χ1) is 16.2. The summed E-state index contributed by atoms with van der Waals surface area (Å²) in [5, 5.41) is 2.71. The number of carbonyl (C=O) groups excluding carboxylic acids is 1. The third kappa shape index (κ3) is 5.35. The molecule has 34 heavy (non-hydrogen) atoms. The number of benzene rings is 1. The monoisotopic (exact) mass is 496 g/mol. The maximum Gasteiger partial charge on any atom is 0.433 e. The lowest BCUT2D eigenvalue weighted by atomic mass is 10.1. The summed E-state index contributed by atoms with van der Waals surface area (Å²) in [7, 11) is -3.73. The molecule has 0 spiro atoms. The van der Waals surface area contributed by atoms with Gasteiger partial charge < -0.3 is 10.2 Å². The van der Waals surface area contributed by atoms with Crippen LogP contribution in [0, 0.1) is 0 Å². The molecule has 0 aliphatic carbocycles. The number of alkyl halides is 3. The van der Waals surface area contributed by atoms with Gasteiger partial charge in [0.1, 0.15) is 5.69 Å². The molecule has 1 amide bonds. The topological polar surface area (TPSA) is 82.6 Å². The fourth-order valence-corrected chi connectivity index (χ4v) is 5.87. The van der Waals surface area contributed by atoms with Crippen LogP contribution in [-0.4, -0.2) is 49.8 Å². The van der Waals surface area contributed by atoms with Gasteiger partial charge in [-0.15, -0.1) is 0 Å². The zero-order valence-corrected chi connectivity index (χ0v) is 19.5. The Labute approximate surface area is 197 Å². The van der Waals surface area contributed by atoms with Gasteiger partial charge in [-0.25, -0.2) is 8.42 Å². The van der Waals surface area contributed by atoms with Crippen molar-refractivity contribution in [2.45, 2.75) is 49.6 Å². The Bertz CT molecular complexity index is 1130. The molecule has 0 radical (unpaired) electrons. The normalized spacial score (nSPS) is 18.0. The van der Waals surface area contributed by atoms with Crippen molar-refractivity contribution in [1.82, 2.24) is 9.29 Å². The van der Waals surface area contributed by atoms with E-state index in [1.165, 1.54) is 10.4 Å². The molecule has 2 saturated heterocycles. The number of anilines is 2. The molecule has 2 aliphatic heterocycles. The van der Waals surface area contributed by atoms with Crippen LogP contribution < -0.4 is 10.2 Å². The predicted molar refractivity (Wildman–Crippen MR) is 122 cm³/mol. The molecule has 0 unspecified atom stereocenters. The number of carbonyl (C=O) groups is 1. The van der Waals surface area contributed by atoms with Crippen LogP contribution in [0.4, 0.5) is 24.5 Å². The van der Waals surface area contributed by atoms with E-state index in [4.69, 9.17) is 0 Å². The number of rotatable bonds is 5. The molecule has 2 aliphatic rings. The molecule has 3 heterocycles. The highest BCUT2D eigenvalue weighted by Gasteiger charge is 2.32. The largest absolute Gasteiger partial charge is 0.433 e. The van der Waals surface area contributed by atoms with E-state index in [1.54, 1.807) is 12.1 Å². The quantitative estimate of drug-likeness (QED) is 0.658. The van der Waals surface area contributed by atoms with Gasteiger partial charge in [-0.3, -0.25) is 9.78 Å². The van der Waals surface area contributed by atoms with Crippen LogP contribution in [0.3, 0.4) is 0 Å². The Hall–Kier alpha value is -2.66. The summed E-state index contributed by atoms with van der Waals surface area (Å²) in [6.45, 7) is 2.44. The SMILES string of the molecule is O=C(Nc1cc(S(=O)(=O)N2CCCCC2)ccc1N1CCCCC1)c1ccc(C(F)(F)F)nc1. The second kappa shape index (κ2) is 9.91. The standard InChI is InChI=1S/C23H27F3N4O3S/c24-23(25,26)21-10-7-17(16-27-21)22(31)28-19-15-18(34(32,33)30-13-5-2-6-14-30)8-9-20(19)29-11-3-1-4-12-29/h7-10,15-16H,1-6,11-14H2,(H,28,31). The number of aromatic nitrogens is 1. The number of hydrogen-bond donors (Lipinski definition) is 1. The van der Waals surface area contributed by atoms with E-state index in [-0.39, 0.29) is 10.5 Å². The Kier molecular flexibility index (Phi) is 7.13. The van der Waals surface area contributed by atoms with Crippen LogP contribution in [0.1, 0.15) is 54.6 Å². The lowest BCUT2D eigenvalue weighted by molar-refractivity contribution is -0.141. The van der Waals surface area contributed by atoms with Crippen molar-refractivity contribution >= 4 is 27.3 Å². The minimum Gasteiger partial charge on any atom is -0.370 e. The average Bonchev–Trinajstić information content (AvgIpc) is 2.84. The molecule has 184 valence electrons. The molecule has 0 bridgehead atoms. The number of hydrogen-bond acceptors (Lipinski definition) is 5. The van der Waals surface area contributed by atoms with Gasteiger partial charge in [-0.1, -0.05) is 6.42 Å². The van der Waals surface area contributed by atoms with Gasteiger partial charge in [0.25, 0.3) is 5.91 Å². The number of amides is 1. The van der Waals surface area contributed by atoms with Gasteiger partial charge in [-0.05, 0) is 62.4 Å². The van der Waals surface area contributed by atoms with Gasteiger partial charge in [-0.2, -0.15) is 17.5 Å². The summed E-state index contributed by atoms with van der Waals surface area (Å²) in [4.78, 5) is 18.4. The van der Waals surface area contributed by atoms with Crippen LogP contribution in [0.2, 0.25) is 0 Å². The molecule has 0 saturated carbocycles. The Balaban J connectivity index is 1.65. The average molecular weight is 497 g/mol. The molecule has 1 aromatic heterocycles. The lowest BCUT2D eigenvalue weighted by Gasteiger charge is -2.31. The molecular weight excluding hydrogens is 469 g/mol. The highest BCUT2D eigenvalue weighted by molar-refractivity contribution is 7.89. The second-order valence-electron chi connectivity index (χ2n) is 8.58. The highest BCUT2D eigenvalue weighted by atomic mass is 32.2. The van der Waals surface area contributed by atoms with Gasteiger partial charge in [0.15, 0.2) is 0 Å². The van der Waals surface area contributed by atoms with Gasteiger partial charge in [0.05, 0.1) is 21.8 Å². The maximum atomic E-state index is 13.2. The number of nitrogens with zero attached hydrogens (tertiary/aromatic N) is 3. The van der Waals surface area contributed by atoms with E-state index < -0.39 is 27.8 Å². The molecule has 11 heteroatoms. The zero-order chi connectivity index (χ0) is 24.3. The van der Waals surface area contributed by atoms with E-state index >= 15 is 0 Å². The first-order valence-corrected chi connectivity index (χ1v) is 12.8. The fraction of sp³-hybridized carbons (Fsp3) is 0.478. The molecule has 2 aromatic rings. The summed E-state index contributed by atoms with van der Waals surface area (Å²) in [5.74, 6) is -0.660. The van der Waals surface area contributed by atoms with E-state index in [2.05, 4.69) is 15.2 Å². The minimum absolute atomic E-state index is 0.0538. The third-order valence-electron chi connectivity index (χ3n) is 6.18. The summed E-state index contributed by atoms with van der Waals surface area (Å²) >= 11 is 0. The minimum atomic E-state index is -4.60. The van der Waals surface area contributed by atoms with Crippen molar-refractivity contribution in [3.05, 3.63) is 47.8 Å². The van der Waals surface area contributed by atoms with Crippen molar-refractivity contribution in [2.75, 3.05) is 36.4 Å². The van der Waals surface area contributed by atoms with E-state index in [1.807, 2.05) is 0 Å². The first kappa shape index (κ1) is 24.5. The van der Waals surface area contributed by atoms with Crippen LogP contribution in [-0.2, 0) is 16.2 Å². The van der Waals surface area contributed by atoms with Crippen molar-refractivity contribution in [1.29, 1.82) is 0 Å². The molecule has 7 nitrogen and oxygen atoms in total. The number of sulfonamides is 1. The number of nitrogens with one attached hydrogen (secondary N) is 1. The summed E-state index contributed by atoms with van der Waals surface area (Å²) < 4.78 is 66.3. The van der Waals surface area contributed by atoms with Crippen LogP contribution in [0.25, 0.3) is 0 Å². The Morgan fingerprint density at radius 1 is 0.912 bits per heavy atom. The molecule has 4 rings (SSSR count). The van der Waals surface area contributed by atoms with Crippen molar-refractivity contribution in [3.63, 3.8) is 0 Å². The number of halogens is 3. The predicted octanol–water partition coefficient (Wildman–Crippen LogP) is 4.52. The maximum absolute atomic E-state index is 13.2. The second-order valence-corrected chi connectivity index (χ2v) is 10.5. The summed E-state index contributed by atoms with van der Waals surface area (Å²) in [6, 6.07) is 6.51. The Morgan fingerprint density at radius 3 is 2.15 bits per heavy atom.